The Labute approximate surface area is 159 Å². The number of hydrogen-bond donors (Lipinski definition) is 1. The van der Waals surface area contributed by atoms with E-state index >= 15 is 0 Å². The van der Waals surface area contributed by atoms with E-state index in [1.165, 1.54) is 19.3 Å². The summed E-state index contributed by atoms with van der Waals surface area (Å²) in [7, 11) is 1.87. The number of likely N-dealkylation sites (tertiary alicyclic amines) is 1. The van der Waals surface area contributed by atoms with Gasteiger partial charge in [0, 0.05) is 39.8 Å². The highest BCUT2D eigenvalue weighted by Crippen LogP contribution is 2.31. The van der Waals surface area contributed by atoms with Crippen molar-refractivity contribution in [1.82, 2.24) is 15.1 Å². The van der Waals surface area contributed by atoms with Gasteiger partial charge in [0.1, 0.15) is 5.60 Å². The normalized spacial score (nSPS) is 19.4. The zero-order valence-corrected chi connectivity index (χ0v) is 17.4. The number of amides is 1. The summed E-state index contributed by atoms with van der Waals surface area (Å²) in [5.41, 5.74) is -0.438. The third-order valence-electron chi connectivity index (χ3n) is 5.17. The van der Waals surface area contributed by atoms with Crippen LogP contribution in [-0.2, 0) is 4.74 Å². The maximum Gasteiger partial charge on any atom is 0.410 e. The Bertz CT molecular complexity index is 475. The van der Waals surface area contributed by atoms with Crippen LogP contribution in [0.2, 0.25) is 0 Å². The Morgan fingerprint density at radius 1 is 1.19 bits per heavy atom. The van der Waals surface area contributed by atoms with E-state index in [0.29, 0.717) is 12.5 Å². The first-order valence-electron chi connectivity index (χ1n) is 10.3. The van der Waals surface area contributed by atoms with E-state index in [-0.39, 0.29) is 6.09 Å². The second kappa shape index (κ2) is 9.47. The van der Waals surface area contributed by atoms with Crippen molar-refractivity contribution in [3.05, 3.63) is 0 Å². The number of carbonyl (C=O) groups excluding carboxylic acids is 1. The average Bonchev–Trinajstić information content (AvgIpc) is 3.40. The van der Waals surface area contributed by atoms with Crippen LogP contribution in [-0.4, -0.2) is 67.2 Å². The summed E-state index contributed by atoms with van der Waals surface area (Å²) in [6, 6.07) is 0. The van der Waals surface area contributed by atoms with E-state index in [9.17, 15) is 4.79 Å². The van der Waals surface area contributed by atoms with Gasteiger partial charge in [-0.1, -0.05) is 12.8 Å². The van der Waals surface area contributed by atoms with Gasteiger partial charge >= 0.3 is 6.09 Å². The molecule has 0 aromatic rings. The molecule has 1 aliphatic carbocycles. The van der Waals surface area contributed by atoms with Gasteiger partial charge in [0.25, 0.3) is 0 Å². The van der Waals surface area contributed by atoms with Crippen molar-refractivity contribution in [3.63, 3.8) is 0 Å². The van der Waals surface area contributed by atoms with Gasteiger partial charge in [-0.3, -0.25) is 4.99 Å². The van der Waals surface area contributed by atoms with E-state index in [4.69, 9.17) is 4.74 Å². The molecule has 150 valence electrons. The van der Waals surface area contributed by atoms with Gasteiger partial charge in [0.05, 0.1) is 0 Å². The Hall–Kier alpha value is -1.46. The van der Waals surface area contributed by atoms with Crippen molar-refractivity contribution in [2.75, 3.05) is 39.8 Å². The van der Waals surface area contributed by atoms with Crippen LogP contribution >= 0.6 is 0 Å². The highest BCUT2D eigenvalue weighted by Gasteiger charge is 2.27. The first kappa shape index (κ1) is 20.8. The van der Waals surface area contributed by atoms with Crippen LogP contribution in [0.3, 0.4) is 0 Å². The molecule has 0 aromatic carbocycles. The number of piperidine rings is 1. The summed E-state index contributed by atoms with van der Waals surface area (Å²) in [5.74, 6) is 2.51. The number of aliphatic imine (C=N–C) groups is 1. The molecule has 1 heterocycles. The highest BCUT2D eigenvalue weighted by molar-refractivity contribution is 5.79. The summed E-state index contributed by atoms with van der Waals surface area (Å²) in [5, 5.41) is 3.51. The standard InChI is InChI=1S/C20H38N4O2/c1-6-23(19(25)26-20(2,3)4)15-17-10-13-24(14-11-17)18(21-5)22-12-9-16-7-8-16/h16-17H,6-15H2,1-5H3,(H,21,22). The van der Waals surface area contributed by atoms with Crippen LogP contribution < -0.4 is 5.32 Å². The van der Waals surface area contributed by atoms with Crippen molar-refractivity contribution in [2.45, 2.75) is 65.4 Å². The lowest BCUT2D eigenvalue weighted by Gasteiger charge is -2.36. The average molecular weight is 367 g/mol. The molecule has 2 rings (SSSR count). The molecule has 0 radical (unpaired) electrons. The zero-order chi connectivity index (χ0) is 19.2. The van der Waals surface area contributed by atoms with Crippen molar-refractivity contribution >= 4 is 12.1 Å². The van der Waals surface area contributed by atoms with E-state index in [0.717, 1.165) is 50.9 Å². The molecule has 1 N–H and O–H groups in total. The Morgan fingerprint density at radius 2 is 1.85 bits per heavy atom. The molecule has 1 aliphatic heterocycles. The Kier molecular flexibility index (Phi) is 7.59. The summed E-state index contributed by atoms with van der Waals surface area (Å²) in [6.07, 6.45) is 6.04. The summed E-state index contributed by atoms with van der Waals surface area (Å²) >= 11 is 0. The Morgan fingerprint density at radius 3 is 2.35 bits per heavy atom. The predicted octanol–water partition coefficient (Wildman–Crippen LogP) is 3.33. The summed E-state index contributed by atoms with van der Waals surface area (Å²) in [4.78, 5) is 21.0. The molecular formula is C20H38N4O2. The summed E-state index contributed by atoms with van der Waals surface area (Å²) < 4.78 is 5.53. The molecule has 0 atom stereocenters. The fourth-order valence-electron chi connectivity index (χ4n) is 3.43. The van der Waals surface area contributed by atoms with E-state index in [1.807, 2.05) is 39.6 Å². The lowest BCUT2D eigenvalue weighted by Crippen LogP contribution is -2.48. The van der Waals surface area contributed by atoms with Crippen LogP contribution in [0.15, 0.2) is 4.99 Å². The predicted molar refractivity (Wildman–Crippen MR) is 106 cm³/mol. The Balaban J connectivity index is 1.74. The van der Waals surface area contributed by atoms with Crippen LogP contribution in [0.4, 0.5) is 4.79 Å². The molecule has 6 heteroatoms. The van der Waals surface area contributed by atoms with Gasteiger partial charge in [0.2, 0.25) is 0 Å². The quantitative estimate of drug-likeness (QED) is 0.579. The van der Waals surface area contributed by atoms with Crippen molar-refractivity contribution in [2.24, 2.45) is 16.8 Å². The molecule has 2 fully saturated rings. The smallest absolute Gasteiger partial charge is 0.410 e. The van der Waals surface area contributed by atoms with E-state index < -0.39 is 5.60 Å². The number of ether oxygens (including phenoxy) is 1. The van der Waals surface area contributed by atoms with Gasteiger partial charge in [-0.2, -0.15) is 0 Å². The third-order valence-corrected chi connectivity index (χ3v) is 5.17. The number of rotatable bonds is 6. The van der Waals surface area contributed by atoms with Crippen molar-refractivity contribution in [3.8, 4) is 0 Å². The minimum absolute atomic E-state index is 0.194. The van der Waals surface area contributed by atoms with Crippen LogP contribution in [0.5, 0.6) is 0 Å². The van der Waals surface area contributed by atoms with Crippen molar-refractivity contribution < 1.29 is 9.53 Å². The molecule has 0 bridgehead atoms. The molecular weight excluding hydrogens is 328 g/mol. The maximum atomic E-state index is 12.3. The lowest BCUT2D eigenvalue weighted by atomic mass is 9.96. The van der Waals surface area contributed by atoms with Gasteiger partial charge in [0.15, 0.2) is 5.96 Å². The van der Waals surface area contributed by atoms with Gasteiger partial charge in [-0.15, -0.1) is 0 Å². The number of carbonyl (C=O) groups is 1. The molecule has 6 nitrogen and oxygen atoms in total. The lowest BCUT2D eigenvalue weighted by molar-refractivity contribution is 0.0214. The SMILES string of the molecule is CCN(CC1CCN(C(=NC)NCCC2CC2)CC1)C(=O)OC(C)(C)C. The summed E-state index contributed by atoms with van der Waals surface area (Å²) in [6.45, 7) is 12.3. The van der Waals surface area contributed by atoms with Gasteiger partial charge in [-0.05, 0) is 58.8 Å². The molecule has 1 amide bonds. The second-order valence-corrected chi connectivity index (χ2v) is 8.66. The van der Waals surface area contributed by atoms with Crippen molar-refractivity contribution in [1.29, 1.82) is 0 Å². The largest absolute Gasteiger partial charge is 0.444 e. The molecule has 1 saturated carbocycles. The fraction of sp³-hybridized carbons (Fsp3) is 0.900. The monoisotopic (exact) mass is 366 g/mol. The molecule has 0 spiro atoms. The molecule has 1 saturated heterocycles. The molecule has 2 aliphatic rings. The number of nitrogens with one attached hydrogen (secondary N) is 1. The number of guanidine groups is 1. The third kappa shape index (κ3) is 7.04. The first-order chi connectivity index (χ1) is 12.3. The van der Waals surface area contributed by atoms with E-state index in [1.54, 1.807) is 0 Å². The first-order valence-corrected chi connectivity index (χ1v) is 10.3. The maximum absolute atomic E-state index is 12.3. The fourth-order valence-corrected chi connectivity index (χ4v) is 3.43. The zero-order valence-electron chi connectivity index (χ0n) is 17.4. The van der Waals surface area contributed by atoms with Gasteiger partial charge in [-0.25, -0.2) is 4.79 Å². The van der Waals surface area contributed by atoms with Crippen LogP contribution in [0.1, 0.15) is 59.8 Å². The molecule has 0 unspecified atom stereocenters. The van der Waals surface area contributed by atoms with Crippen LogP contribution in [0.25, 0.3) is 0 Å². The molecule has 0 aromatic heterocycles. The topological polar surface area (TPSA) is 57.2 Å². The number of hydrogen-bond acceptors (Lipinski definition) is 3. The minimum Gasteiger partial charge on any atom is -0.444 e. The van der Waals surface area contributed by atoms with Gasteiger partial charge < -0.3 is 19.9 Å². The highest BCUT2D eigenvalue weighted by atomic mass is 16.6. The second-order valence-electron chi connectivity index (χ2n) is 8.66. The minimum atomic E-state index is -0.438. The van der Waals surface area contributed by atoms with E-state index in [2.05, 4.69) is 15.2 Å². The number of nitrogens with zero attached hydrogens (tertiary/aromatic N) is 3. The molecule has 26 heavy (non-hydrogen) atoms. The van der Waals surface area contributed by atoms with Crippen LogP contribution in [0, 0.1) is 11.8 Å².